The number of aromatic nitrogens is 1. The van der Waals surface area contributed by atoms with E-state index in [1.807, 2.05) is 19.9 Å². The number of hydrogen-bond donors (Lipinski definition) is 2. The van der Waals surface area contributed by atoms with Gasteiger partial charge < -0.3 is 5.32 Å². The third kappa shape index (κ3) is 4.55. The van der Waals surface area contributed by atoms with Crippen molar-refractivity contribution in [3.63, 3.8) is 0 Å². The first kappa shape index (κ1) is 16.0. The molecule has 0 spiro atoms. The first-order valence-electron chi connectivity index (χ1n) is 6.06. The highest BCUT2D eigenvalue weighted by Gasteiger charge is 2.12. The molecule has 20 heavy (non-hydrogen) atoms. The molecule has 0 aliphatic heterocycles. The summed E-state index contributed by atoms with van der Waals surface area (Å²) in [7, 11) is 0. The second-order valence-electron chi connectivity index (χ2n) is 4.07. The van der Waals surface area contributed by atoms with Crippen LogP contribution in [0.25, 0.3) is 0 Å². The van der Waals surface area contributed by atoms with Crippen LogP contribution in [0.15, 0.2) is 11.1 Å². The first-order valence-corrected chi connectivity index (χ1v) is 7.05. The highest BCUT2D eigenvalue weighted by molar-refractivity contribution is 8.00. The maximum absolute atomic E-state index is 11.6. The van der Waals surface area contributed by atoms with Gasteiger partial charge in [0.1, 0.15) is 11.1 Å². The summed E-state index contributed by atoms with van der Waals surface area (Å²) in [6.07, 6.45) is 0. The molecule has 0 aliphatic rings. The lowest BCUT2D eigenvalue weighted by atomic mass is 10.1. The minimum absolute atomic E-state index is 0.0295. The van der Waals surface area contributed by atoms with Gasteiger partial charge in [-0.1, -0.05) is 11.8 Å². The van der Waals surface area contributed by atoms with Crippen LogP contribution in [0.5, 0.6) is 0 Å². The highest BCUT2D eigenvalue weighted by Crippen LogP contribution is 2.23. The van der Waals surface area contributed by atoms with Crippen LogP contribution in [0.3, 0.4) is 0 Å². The average Bonchev–Trinajstić information content (AvgIpc) is 2.36. The summed E-state index contributed by atoms with van der Waals surface area (Å²) in [6.45, 7) is 5.86. The molecular weight excluding hydrogens is 276 g/mol. The van der Waals surface area contributed by atoms with E-state index in [1.165, 1.54) is 0 Å². The molecule has 0 aliphatic carbocycles. The number of rotatable bonds is 4. The fourth-order valence-corrected chi connectivity index (χ4v) is 2.44. The van der Waals surface area contributed by atoms with Gasteiger partial charge in [0, 0.05) is 12.2 Å². The summed E-state index contributed by atoms with van der Waals surface area (Å²) in [6, 6.07) is 3.38. The number of nitrogens with one attached hydrogen (secondary N) is 2. The molecule has 0 unspecified atom stereocenters. The van der Waals surface area contributed by atoms with E-state index in [4.69, 9.17) is 5.26 Å². The van der Waals surface area contributed by atoms with E-state index in [9.17, 15) is 9.59 Å². The predicted molar refractivity (Wildman–Crippen MR) is 76.4 cm³/mol. The molecule has 0 aromatic carbocycles. The van der Waals surface area contributed by atoms with Gasteiger partial charge >= 0.3 is 6.03 Å². The lowest BCUT2D eigenvalue weighted by Gasteiger charge is -2.07. The van der Waals surface area contributed by atoms with Crippen LogP contribution in [-0.4, -0.2) is 29.2 Å². The lowest BCUT2D eigenvalue weighted by molar-refractivity contribution is -0.117. The quantitative estimate of drug-likeness (QED) is 0.820. The molecule has 2 N–H and O–H groups in total. The van der Waals surface area contributed by atoms with Crippen molar-refractivity contribution in [3.05, 3.63) is 22.9 Å². The third-order valence-corrected chi connectivity index (χ3v) is 3.33. The van der Waals surface area contributed by atoms with Gasteiger partial charge in [-0.15, -0.1) is 0 Å². The molecule has 0 fully saturated rings. The molecule has 0 bridgehead atoms. The van der Waals surface area contributed by atoms with Gasteiger partial charge in [-0.3, -0.25) is 10.1 Å². The molecule has 0 radical (unpaired) electrons. The summed E-state index contributed by atoms with van der Waals surface area (Å²) in [5, 5.41) is 14.3. The smallest absolute Gasteiger partial charge is 0.321 e. The minimum Gasteiger partial charge on any atom is -0.338 e. The zero-order chi connectivity index (χ0) is 15.1. The number of nitriles is 1. The Balaban J connectivity index is 2.69. The van der Waals surface area contributed by atoms with Gasteiger partial charge in [0.15, 0.2) is 0 Å². The molecular formula is C13H16N4O2S. The standard InChI is InChI=1S/C13H16N4O2S/c1-4-15-13(19)17-11(18)7-20-12-10(6-14)8(2)5-9(3)16-12/h5H,4,7H2,1-3H3,(H2,15,17,18,19). The van der Waals surface area contributed by atoms with E-state index in [0.717, 1.165) is 23.0 Å². The van der Waals surface area contributed by atoms with Crippen LogP contribution in [0, 0.1) is 25.2 Å². The first-order chi connectivity index (χ1) is 9.47. The lowest BCUT2D eigenvalue weighted by Crippen LogP contribution is -2.40. The monoisotopic (exact) mass is 292 g/mol. The number of hydrogen-bond acceptors (Lipinski definition) is 5. The Bertz CT molecular complexity index is 566. The van der Waals surface area contributed by atoms with Crippen molar-refractivity contribution in [1.29, 1.82) is 5.26 Å². The number of urea groups is 1. The van der Waals surface area contributed by atoms with Crippen molar-refractivity contribution < 1.29 is 9.59 Å². The topological polar surface area (TPSA) is 94.9 Å². The van der Waals surface area contributed by atoms with E-state index in [-0.39, 0.29) is 5.75 Å². The second-order valence-corrected chi connectivity index (χ2v) is 5.03. The summed E-state index contributed by atoms with van der Waals surface area (Å²) in [5.41, 5.74) is 2.08. The fourth-order valence-electron chi connectivity index (χ4n) is 1.54. The van der Waals surface area contributed by atoms with Crippen LogP contribution in [0.2, 0.25) is 0 Å². The van der Waals surface area contributed by atoms with Crippen molar-refractivity contribution >= 4 is 23.7 Å². The van der Waals surface area contributed by atoms with Crippen molar-refractivity contribution in [2.45, 2.75) is 25.8 Å². The van der Waals surface area contributed by atoms with Crippen molar-refractivity contribution in [3.8, 4) is 6.07 Å². The maximum Gasteiger partial charge on any atom is 0.321 e. The molecule has 106 valence electrons. The van der Waals surface area contributed by atoms with E-state index >= 15 is 0 Å². The zero-order valence-corrected chi connectivity index (χ0v) is 12.4. The molecule has 0 atom stereocenters. The Morgan fingerprint density at radius 1 is 1.45 bits per heavy atom. The normalized spacial score (nSPS) is 9.70. The van der Waals surface area contributed by atoms with E-state index < -0.39 is 11.9 Å². The Morgan fingerprint density at radius 3 is 2.75 bits per heavy atom. The molecule has 7 heteroatoms. The van der Waals surface area contributed by atoms with Gasteiger partial charge in [-0.25, -0.2) is 9.78 Å². The van der Waals surface area contributed by atoms with Crippen LogP contribution in [0.4, 0.5) is 4.79 Å². The molecule has 1 aromatic heterocycles. The number of imide groups is 1. The molecule has 0 saturated carbocycles. The van der Waals surface area contributed by atoms with Crippen LogP contribution in [-0.2, 0) is 4.79 Å². The van der Waals surface area contributed by atoms with Gasteiger partial charge in [0.05, 0.1) is 11.3 Å². The Kier molecular flexibility index (Phi) is 6.00. The SMILES string of the molecule is CCNC(=O)NC(=O)CSc1nc(C)cc(C)c1C#N. The molecule has 1 aromatic rings. The van der Waals surface area contributed by atoms with Gasteiger partial charge in [-0.2, -0.15) is 5.26 Å². The number of nitrogens with zero attached hydrogens (tertiary/aromatic N) is 2. The molecule has 6 nitrogen and oxygen atoms in total. The van der Waals surface area contributed by atoms with E-state index in [0.29, 0.717) is 17.1 Å². The fraction of sp³-hybridized carbons (Fsp3) is 0.385. The van der Waals surface area contributed by atoms with Crippen molar-refractivity contribution in [2.75, 3.05) is 12.3 Å². The Morgan fingerprint density at radius 2 is 2.15 bits per heavy atom. The largest absolute Gasteiger partial charge is 0.338 e. The third-order valence-electron chi connectivity index (χ3n) is 2.35. The number of aryl methyl sites for hydroxylation is 2. The van der Waals surface area contributed by atoms with Gasteiger partial charge in [0.25, 0.3) is 0 Å². The Hall–Kier alpha value is -2.07. The molecule has 0 saturated heterocycles. The van der Waals surface area contributed by atoms with Gasteiger partial charge in [0.2, 0.25) is 5.91 Å². The number of carbonyl (C=O) groups excluding carboxylic acids is 2. The highest BCUT2D eigenvalue weighted by atomic mass is 32.2. The average molecular weight is 292 g/mol. The maximum atomic E-state index is 11.6. The van der Waals surface area contributed by atoms with Crippen LogP contribution >= 0.6 is 11.8 Å². The number of amides is 3. The molecule has 1 heterocycles. The zero-order valence-electron chi connectivity index (χ0n) is 11.6. The second kappa shape index (κ2) is 7.50. The number of thioether (sulfide) groups is 1. The van der Waals surface area contributed by atoms with Crippen molar-refractivity contribution in [1.82, 2.24) is 15.6 Å². The van der Waals surface area contributed by atoms with Gasteiger partial charge in [-0.05, 0) is 32.4 Å². The Labute approximate surface area is 122 Å². The molecule has 3 amide bonds. The van der Waals surface area contributed by atoms with E-state index in [1.54, 1.807) is 6.92 Å². The minimum atomic E-state index is -0.521. The number of carbonyl (C=O) groups is 2. The van der Waals surface area contributed by atoms with Crippen molar-refractivity contribution in [2.24, 2.45) is 0 Å². The number of pyridine rings is 1. The van der Waals surface area contributed by atoms with Crippen LogP contribution < -0.4 is 10.6 Å². The predicted octanol–water partition coefficient (Wildman–Crippen LogP) is 1.51. The summed E-state index contributed by atoms with van der Waals surface area (Å²) >= 11 is 1.14. The summed E-state index contributed by atoms with van der Waals surface area (Å²) < 4.78 is 0. The van der Waals surface area contributed by atoms with Crippen LogP contribution in [0.1, 0.15) is 23.7 Å². The summed E-state index contributed by atoms with van der Waals surface area (Å²) in [5.74, 6) is -0.396. The van der Waals surface area contributed by atoms with E-state index in [2.05, 4.69) is 21.7 Å². The summed E-state index contributed by atoms with van der Waals surface area (Å²) in [4.78, 5) is 27.0. The molecule has 1 rings (SSSR count).